The van der Waals surface area contributed by atoms with E-state index in [1.807, 2.05) is 13.0 Å². The Labute approximate surface area is 137 Å². The van der Waals surface area contributed by atoms with Gasteiger partial charge in [-0.1, -0.05) is 41.4 Å². The number of aromatic carboxylic acids is 1. The van der Waals surface area contributed by atoms with Gasteiger partial charge in [-0.3, -0.25) is 0 Å². The fourth-order valence-corrected chi connectivity index (χ4v) is 2.78. The van der Waals surface area contributed by atoms with E-state index in [0.29, 0.717) is 32.2 Å². The highest BCUT2D eigenvalue weighted by atomic mass is 35.5. The maximum atomic E-state index is 11.5. The number of para-hydroxylation sites is 1. The Morgan fingerprint density at radius 2 is 1.91 bits per heavy atom. The summed E-state index contributed by atoms with van der Waals surface area (Å²) in [6.45, 7) is 1.87. The minimum absolute atomic E-state index is 0.0831. The van der Waals surface area contributed by atoms with Gasteiger partial charge >= 0.3 is 0 Å². The van der Waals surface area contributed by atoms with E-state index in [-0.39, 0.29) is 5.56 Å². The van der Waals surface area contributed by atoms with Gasteiger partial charge in [-0.05, 0) is 36.8 Å². The summed E-state index contributed by atoms with van der Waals surface area (Å²) in [4.78, 5) is 16.0. The van der Waals surface area contributed by atoms with Gasteiger partial charge in [0.05, 0.1) is 22.2 Å². The Kier molecular flexibility index (Phi) is 3.77. The maximum absolute atomic E-state index is 11.5. The normalized spacial score (nSPS) is 10.9. The molecule has 0 aliphatic rings. The topological polar surface area (TPSA) is 53.0 Å². The number of carbonyl (C=O) groups is 1. The van der Waals surface area contributed by atoms with Crippen LogP contribution in [0.1, 0.15) is 15.9 Å². The van der Waals surface area contributed by atoms with Gasteiger partial charge in [-0.2, -0.15) is 0 Å². The number of aromatic nitrogens is 1. The Hall–Kier alpha value is -2.10. The summed E-state index contributed by atoms with van der Waals surface area (Å²) in [6.07, 6.45) is 0. The number of benzene rings is 2. The van der Waals surface area contributed by atoms with E-state index in [1.54, 1.807) is 30.3 Å². The van der Waals surface area contributed by atoms with Crippen molar-refractivity contribution in [1.82, 2.24) is 4.98 Å². The zero-order valence-corrected chi connectivity index (χ0v) is 13.1. The molecule has 0 saturated carbocycles. The molecule has 0 bridgehead atoms. The van der Waals surface area contributed by atoms with E-state index in [9.17, 15) is 9.90 Å². The SMILES string of the molecule is Cc1cccc2c(C(=O)[O-])cc(-c3cc(Cl)ccc3Cl)nc12. The average molecular weight is 331 g/mol. The largest absolute Gasteiger partial charge is 0.545 e. The number of carbonyl (C=O) groups excluding carboxylic acids is 1. The van der Waals surface area contributed by atoms with Crippen molar-refractivity contribution in [3.63, 3.8) is 0 Å². The lowest BCUT2D eigenvalue weighted by molar-refractivity contribution is -0.254. The lowest BCUT2D eigenvalue weighted by Crippen LogP contribution is -2.22. The molecule has 0 aliphatic heterocycles. The molecule has 0 N–H and O–H groups in total. The summed E-state index contributed by atoms with van der Waals surface area (Å²) < 4.78 is 0. The van der Waals surface area contributed by atoms with Gasteiger partial charge in [0.25, 0.3) is 0 Å². The van der Waals surface area contributed by atoms with Gasteiger partial charge in [0.15, 0.2) is 0 Å². The molecule has 2 aromatic carbocycles. The molecule has 0 saturated heterocycles. The zero-order chi connectivity index (χ0) is 15.9. The molecule has 0 fully saturated rings. The van der Waals surface area contributed by atoms with E-state index in [0.717, 1.165) is 5.56 Å². The Morgan fingerprint density at radius 3 is 2.64 bits per heavy atom. The molecule has 110 valence electrons. The number of carboxylic acid groups (broad SMARTS) is 1. The van der Waals surface area contributed by atoms with E-state index in [1.165, 1.54) is 6.07 Å². The molecular formula is C17H10Cl2NO2-. The number of hydrogen-bond donors (Lipinski definition) is 0. The van der Waals surface area contributed by atoms with Crippen LogP contribution < -0.4 is 5.11 Å². The number of aryl methyl sites for hydroxylation is 1. The molecule has 0 aliphatic carbocycles. The van der Waals surface area contributed by atoms with Crippen LogP contribution in [-0.2, 0) is 0 Å². The number of halogens is 2. The van der Waals surface area contributed by atoms with E-state index >= 15 is 0 Å². The second-order valence-electron chi connectivity index (χ2n) is 4.94. The molecule has 22 heavy (non-hydrogen) atoms. The minimum atomic E-state index is -1.25. The van der Waals surface area contributed by atoms with Crippen LogP contribution in [0.4, 0.5) is 0 Å². The molecule has 1 aromatic heterocycles. The summed E-state index contributed by atoms with van der Waals surface area (Å²) in [6, 6.07) is 11.8. The summed E-state index contributed by atoms with van der Waals surface area (Å²) in [5.74, 6) is -1.25. The third kappa shape index (κ3) is 2.54. The summed E-state index contributed by atoms with van der Waals surface area (Å²) in [5, 5.41) is 13.0. The molecule has 0 amide bonds. The second-order valence-corrected chi connectivity index (χ2v) is 5.78. The predicted molar refractivity (Wildman–Crippen MR) is 86.3 cm³/mol. The van der Waals surface area contributed by atoms with Gasteiger partial charge in [0.1, 0.15) is 0 Å². The number of carboxylic acids is 1. The van der Waals surface area contributed by atoms with Crippen LogP contribution in [-0.4, -0.2) is 11.0 Å². The smallest absolute Gasteiger partial charge is 0.0745 e. The Morgan fingerprint density at radius 1 is 1.14 bits per heavy atom. The molecule has 1 heterocycles. The summed E-state index contributed by atoms with van der Waals surface area (Å²) >= 11 is 12.2. The molecule has 3 rings (SSSR count). The van der Waals surface area contributed by atoms with Gasteiger partial charge in [0, 0.05) is 21.5 Å². The van der Waals surface area contributed by atoms with Gasteiger partial charge in [-0.15, -0.1) is 0 Å². The molecular weight excluding hydrogens is 321 g/mol. The lowest BCUT2D eigenvalue weighted by Gasteiger charge is -2.13. The monoisotopic (exact) mass is 330 g/mol. The Balaban J connectivity index is 2.38. The summed E-state index contributed by atoms with van der Waals surface area (Å²) in [7, 11) is 0. The highest BCUT2D eigenvalue weighted by Gasteiger charge is 2.12. The molecule has 3 aromatic rings. The van der Waals surface area contributed by atoms with Crippen LogP contribution >= 0.6 is 23.2 Å². The van der Waals surface area contributed by atoms with Crippen LogP contribution in [0.15, 0.2) is 42.5 Å². The third-order valence-electron chi connectivity index (χ3n) is 3.47. The molecule has 0 spiro atoms. The van der Waals surface area contributed by atoms with Crippen molar-refractivity contribution < 1.29 is 9.90 Å². The highest BCUT2D eigenvalue weighted by Crippen LogP contribution is 2.32. The number of nitrogens with zero attached hydrogens (tertiary/aromatic N) is 1. The zero-order valence-electron chi connectivity index (χ0n) is 11.6. The molecule has 5 heteroatoms. The minimum Gasteiger partial charge on any atom is -0.545 e. The van der Waals surface area contributed by atoms with Crippen LogP contribution in [0.5, 0.6) is 0 Å². The quantitative estimate of drug-likeness (QED) is 0.716. The maximum Gasteiger partial charge on any atom is 0.0745 e. The van der Waals surface area contributed by atoms with Gasteiger partial charge in [-0.25, -0.2) is 4.98 Å². The number of pyridine rings is 1. The van der Waals surface area contributed by atoms with Crippen molar-refractivity contribution in [2.45, 2.75) is 6.92 Å². The fourth-order valence-electron chi connectivity index (χ4n) is 2.39. The lowest BCUT2D eigenvalue weighted by atomic mass is 10.0. The average Bonchev–Trinajstić information content (AvgIpc) is 2.49. The van der Waals surface area contributed by atoms with Crippen molar-refractivity contribution in [1.29, 1.82) is 0 Å². The first-order valence-electron chi connectivity index (χ1n) is 6.54. The first-order valence-corrected chi connectivity index (χ1v) is 7.30. The van der Waals surface area contributed by atoms with Crippen molar-refractivity contribution in [2.24, 2.45) is 0 Å². The number of hydrogen-bond acceptors (Lipinski definition) is 3. The van der Waals surface area contributed by atoms with Crippen molar-refractivity contribution in [3.05, 3.63) is 63.6 Å². The molecule has 0 unspecified atom stereocenters. The number of rotatable bonds is 2. The third-order valence-corrected chi connectivity index (χ3v) is 4.03. The van der Waals surface area contributed by atoms with Crippen LogP contribution in [0.2, 0.25) is 10.0 Å². The van der Waals surface area contributed by atoms with Crippen molar-refractivity contribution in [3.8, 4) is 11.3 Å². The van der Waals surface area contributed by atoms with Crippen LogP contribution in [0.3, 0.4) is 0 Å². The van der Waals surface area contributed by atoms with E-state index < -0.39 is 5.97 Å². The molecule has 0 atom stereocenters. The van der Waals surface area contributed by atoms with Crippen molar-refractivity contribution in [2.75, 3.05) is 0 Å². The van der Waals surface area contributed by atoms with E-state index in [2.05, 4.69) is 4.98 Å². The molecule has 0 radical (unpaired) electrons. The van der Waals surface area contributed by atoms with Gasteiger partial charge < -0.3 is 9.90 Å². The summed E-state index contributed by atoms with van der Waals surface area (Å²) in [5.41, 5.74) is 2.60. The number of fused-ring (bicyclic) bond motifs is 1. The highest BCUT2D eigenvalue weighted by molar-refractivity contribution is 6.35. The second kappa shape index (κ2) is 5.59. The van der Waals surface area contributed by atoms with E-state index in [4.69, 9.17) is 23.2 Å². The standard InChI is InChI=1S/C17H11Cl2NO2/c1-9-3-2-4-11-12(17(21)22)8-15(20-16(9)11)13-7-10(18)5-6-14(13)19/h2-8H,1H3,(H,21,22)/p-1. The predicted octanol–water partition coefficient (Wildman–Crippen LogP) is 3.88. The first-order chi connectivity index (χ1) is 10.5. The van der Waals surface area contributed by atoms with Crippen LogP contribution in [0.25, 0.3) is 22.2 Å². The van der Waals surface area contributed by atoms with Gasteiger partial charge in [0.2, 0.25) is 0 Å². The van der Waals surface area contributed by atoms with Crippen LogP contribution in [0, 0.1) is 6.92 Å². The van der Waals surface area contributed by atoms with Crippen molar-refractivity contribution >= 4 is 40.1 Å². The fraction of sp³-hybridized carbons (Fsp3) is 0.0588. The first kappa shape index (κ1) is 14.8. The molecule has 3 nitrogen and oxygen atoms in total. The Bertz CT molecular complexity index is 907.